The van der Waals surface area contributed by atoms with E-state index in [1.807, 2.05) is 13.8 Å². The summed E-state index contributed by atoms with van der Waals surface area (Å²) >= 11 is 0. The molecule has 2 N–H and O–H groups in total. The first-order valence-corrected chi connectivity index (χ1v) is 20.8. The predicted molar refractivity (Wildman–Crippen MR) is 203 cm³/mol. The van der Waals surface area contributed by atoms with Gasteiger partial charge in [-0.05, 0) is 141 Å². The zero-order valence-electron chi connectivity index (χ0n) is 33.8. The maximum Gasteiger partial charge on any atom is 0.306 e. The molecule has 1 aliphatic heterocycles. The van der Waals surface area contributed by atoms with E-state index in [0.29, 0.717) is 48.0 Å². The molecule has 0 spiro atoms. The van der Waals surface area contributed by atoms with Gasteiger partial charge >= 0.3 is 11.9 Å². The van der Waals surface area contributed by atoms with Gasteiger partial charge in [-0.1, -0.05) is 67.5 Å². The van der Waals surface area contributed by atoms with Gasteiger partial charge in [0.05, 0.1) is 12.8 Å². The SMILES string of the molecule is C=C(C)[C@@H]1CC[C@]2(CC(=O)N3CC[C@H](NCC)C3)CC[C@]3(C)[C@H](CC[C@@H]4[C@@]5(C)CC[C@H](OC(=O)CC(C)(C)CC(=O)O)C(C)(C)[C@@H]5CC[C@]43C)[C@@H]12. The van der Waals surface area contributed by atoms with Crippen molar-refractivity contribution >= 4 is 17.8 Å². The van der Waals surface area contributed by atoms with Gasteiger partial charge in [-0.3, -0.25) is 14.4 Å². The minimum atomic E-state index is -0.879. The number of rotatable bonds is 10. The first-order valence-electron chi connectivity index (χ1n) is 20.8. The summed E-state index contributed by atoms with van der Waals surface area (Å²) in [5, 5.41) is 12.9. The highest BCUT2D eigenvalue weighted by Crippen LogP contribution is 2.78. The fourth-order valence-corrected chi connectivity index (χ4v) is 14.7. The number of aliphatic carboxylic acids is 1. The van der Waals surface area contributed by atoms with Crippen molar-refractivity contribution in [3.05, 3.63) is 12.2 Å². The van der Waals surface area contributed by atoms with Crippen LogP contribution in [0.25, 0.3) is 0 Å². The Morgan fingerprint density at radius 2 is 1.61 bits per heavy atom. The standard InChI is InChI=1S/C44H72N2O5/c1-11-45-29-17-23-46(27-29)35(47)24-44-20-14-30(28(2)3)38(44)31-12-13-33-41(8)18-16-34(51-37(50)26-39(4,5)25-36(48)49)40(6,7)32(41)15-19-43(33,10)42(31,9)21-22-44/h29-34,38,45H,2,11-27H2,1,3-10H3,(H,48,49)/t29-,30-,31+,32-,33+,34-,38+,41-,42+,43+,44+/m0/s1. The number of carbonyl (C=O) groups excluding carboxylic acids is 2. The van der Waals surface area contributed by atoms with Crippen molar-refractivity contribution in [3.8, 4) is 0 Å². The molecule has 5 saturated carbocycles. The van der Waals surface area contributed by atoms with E-state index in [4.69, 9.17) is 4.74 Å². The molecule has 51 heavy (non-hydrogen) atoms. The van der Waals surface area contributed by atoms with Crippen LogP contribution in [0.1, 0.15) is 152 Å². The first-order chi connectivity index (χ1) is 23.7. The molecule has 6 rings (SSSR count). The lowest BCUT2D eigenvalue weighted by Crippen LogP contribution is -2.67. The Balaban J connectivity index is 1.22. The normalized spacial score (nSPS) is 43.0. The number of esters is 1. The van der Waals surface area contributed by atoms with Crippen molar-refractivity contribution in [2.24, 2.45) is 62.1 Å². The molecule has 0 unspecified atom stereocenters. The number of fused-ring (bicyclic) bond motifs is 7. The lowest BCUT2D eigenvalue weighted by Gasteiger charge is -2.73. The molecule has 0 radical (unpaired) electrons. The predicted octanol–water partition coefficient (Wildman–Crippen LogP) is 9.05. The summed E-state index contributed by atoms with van der Waals surface area (Å²) in [4.78, 5) is 40.9. The summed E-state index contributed by atoms with van der Waals surface area (Å²) in [6.45, 7) is 28.0. The van der Waals surface area contributed by atoms with Gasteiger partial charge in [0.1, 0.15) is 6.10 Å². The molecule has 6 aliphatic rings. The molecule has 288 valence electrons. The van der Waals surface area contributed by atoms with Gasteiger partial charge in [0.2, 0.25) is 5.91 Å². The largest absolute Gasteiger partial charge is 0.481 e. The van der Waals surface area contributed by atoms with Crippen molar-refractivity contribution in [2.45, 2.75) is 164 Å². The minimum absolute atomic E-state index is 0.0437. The summed E-state index contributed by atoms with van der Waals surface area (Å²) in [6.07, 6.45) is 13.2. The molecule has 1 heterocycles. The monoisotopic (exact) mass is 709 g/mol. The third-order valence-electron chi connectivity index (χ3n) is 17.2. The summed E-state index contributed by atoms with van der Waals surface area (Å²) in [6, 6.07) is 0.434. The Morgan fingerprint density at radius 3 is 2.27 bits per heavy atom. The number of hydrogen-bond donors (Lipinski definition) is 2. The van der Waals surface area contributed by atoms with Gasteiger partial charge in [-0.2, -0.15) is 0 Å². The molecular weight excluding hydrogens is 636 g/mol. The van der Waals surface area contributed by atoms with Gasteiger partial charge in [0, 0.05) is 31.0 Å². The van der Waals surface area contributed by atoms with Gasteiger partial charge < -0.3 is 20.1 Å². The quantitative estimate of drug-likeness (QED) is 0.174. The van der Waals surface area contributed by atoms with Gasteiger partial charge in [0.15, 0.2) is 0 Å². The summed E-state index contributed by atoms with van der Waals surface area (Å²) in [5.74, 6) is 1.98. The van der Waals surface area contributed by atoms with E-state index in [1.54, 1.807) is 0 Å². The first kappa shape index (κ1) is 38.8. The maximum atomic E-state index is 14.1. The lowest BCUT2D eigenvalue weighted by molar-refractivity contribution is -0.250. The van der Waals surface area contributed by atoms with E-state index in [9.17, 15) is 19.5 Å². The number of likely N-dealkylation sites (N-methyl/N-ethyl adjacent to an activating group) is 1. The van der Waals surface area contributed by atoms with Crippen LogP contribution in [0.15, 0.2) is 12.2 Å². The Bertz CT molecular complexity index is 1390. The van der Waals surface area contributed by atoms with Gasteiger partial charge in [-0.15, -0.1) is 0 Å². The molecule has 0 aromatic heterocycles. The number of nitrogens with one attached hydrogen (secondary N) is 1. The molecule has 0 bridgehead atoms. The Labute approximate surface area is 309 Å². The Morgan fingerprint density at radius 1 is 0.882 bits per heavy atom. The van der Waals surface area contributed by atoms with E-state index < -0.39 is 11.4 Å². The fourth-order valence-electron chi connectivity index (χ4n) is 14.7. The van der Waals surface area contributed by atoms with Crippen molar-refractivity contribution < 1.29 is 24.2 Å². The number of allylic oxidation sites excluding steroid dienone is 1. The van der Waals surface area contributed by atoms with Gasteiger partial charge in [-0.25, -0.2) is 0 Å². The van der Waals surface area contributed by atoms with Crippen molar-refractivity contribution in [1.82, 2.24) is 10.2 Å². The average molecular weight is 709 g/mol. The van der Waals surface area contributed by atoms with Crippen LogP contribution in [-0.4, -0.2) is 59.6 Å². The summed E-state index contributed by atoms with van der Waals surface area (Å²) in [7, 11) is 0. The van der Waals surface area contributed by atoms with Crippen molar-refractivity contribution in [2.75, 3.05) is 19.6 Å². The summed E-state index contributed by atoms with van der Waals surface area (Å²) in [5.41, 5.74) is 1.24. The molecule has 0 aromatic rings. The second kappa shape index (κ2) is 13.4. The van der Waals surface area contributed by atoms with Crippen LogP contribution in [0.5, 0.6) is 0 Å². The number of ether oxygens (including phenoxy) is 1. The van der Waals surface area contributed by atoms with Crippen LogP contribution in [0.4, 0.5) is 0 Å². The van der Waals surface area contributed by atoms with Gasteiger partial charge in [0.25, 0.3) is 0 Å². The molecule has 11 atom stereocenters. The Hall–Kier alpha value is -1.89. The number of nitrogens with zero attached hydrogens (tertiary/aromatic N) is 1. The average Bonchev–Trinajstić information content (AvgIpc) is 3.64. The van der Waals surface area contributed by atoms with Crippen LogP contribution in [-0.2, 0) is 19.1 Å². The molecule has 0 aromatic carbocycles. The molecular formula is C44H72N2O5. The van der Waals surface area contributed by atoms with Crippen LogP contribution in [0, 0.1) is 62.1 Å². The van der Waals surface area contributed by atoms with E-state index in [1.165, 1.54) is 44.1 Å². The zero-order valence-corrected chi connectivity index (χ0v) is 33.8. The number of carboxylic acids is 1. The van der Waals surface area contributed by atoms with E-state index in [-0.39, 0.29) is 52.0 Å². The molecule has 7 heteroatoms. The summed E-state index contributed by atoms with van der Waals surface area (Å²) < 4.78 is 6.29. The van der Waals surface area contributed by atoms with Crippen LogP contribution < -0.4 is 5.32 Å². The fraction of sp³-hybridized carbons (Fsp3) is 0.886. The van der Waals surface area contributed by atoms with Crippen LogP contribution >= 0.6 is 0 Å². The van der Waals surface area contributed by atoms with Crippen LogP contribution in [0.2, 0.25) is 0 Å². The number of hydrogen-bond acceptors (Lipinski definition) is 5. The highest BCUT2D eigenvalue weighted by molar-refractivity contribution is 5.77. The second-order valence-electron chi connectivity index (χ2n) is 20.9. The van der Waals surface area contributed by atoms with E-state index in [0.717, 1.165) is 51.7 Å². The van der Waals surface area contributed by atoms with Crippen LogP contribution in [0.3, 0.4) is 0 Å². The molecule has 6 fully saturated rings. The number of carbonyl (C=O) groups is 3. The smallest absolute Gasteiger partial charge is 0.306 e. The molecule has 1 amide bonds. The van der Waals surface area contributed by atoms with E-state index in [2.05, 4.69) is 65.3 Å². The number of likely N-dealkylation sites (tertiary alicyclic amines) is 1. The zero-order chi connectivity index (χ0) is 37.4. The molecule has 5 aliphatic carbocycles. The molecule has 1 saturated heterocycles. The lowest BCUT2D eigenvalue weighted by atomic mass is 9.32. The highest BCUT2D eigenvalue weighted by atomic mass is 16.5. The topological polar surface area (TPSA) is 95.9 Å². The third kappa shape index (κ3) is 6.43. The molecule has 7 nitrogen and oxygen atoms in total. The third-order valence-corrected chi connectivity index (χ3v) is 17.2. The Kier molecular flexibility index (Phi) is 10.2. The van der Waals surface area contributed by atoms with Crippen molar-refractivity contribution in [3.63, 3.8) is 0 Å². The number of amides is 1. The minimum Gasteiger partial charge on any atom is -0.481 e. The maximum absolute atomic E-state index is 14.1. The van der Waals surface area contributed by atoms with E-state index >= 15 is 0 Å². The highest BCUT2D eigenvalue weighted by Gasteiger charge is 2.71. The second-order valence-corrected chi connectivity index (χ2v) is 20.9. The van der Waals surface area contributed by atoms with Crippen molar-refractivity contribution in [1.29, 1.82) is 0 Å². The number of carboxylic acid groups (broad SMARTS) is 1.